The van der Waals surface area contributed by atoms with Crippen LogP contribution in [0.15, 0.2) is 28.7 Å². The molecule has 1 fully saturated rings. The van der Waals surface area contributed by atoms with Crippen molar-refractivity contribution < 1.29 is 9.13 Å². The molecule has 0 aliphatic carbocycles. The maximum absolute atomic E-state index is 14.2. The Hall–Kier alpha value is -0.450. The summed E-state index contributed by atoms with van der Waals surface area (Å²) in [6.07, 6.45) is 0.564. The predicted octanol–water partition coefficient (Wildman–Crippen LogP) is 3.01. The fraction of sp³-hybridized carbons (Fsp3) is 0.538. The van der Waals surface area contributed by atoms with E-state index in [1.807, 2.05) is 12.1 Å². The standard InChI is InChI=1S/C13H17BrFNO/c1-17-10-13(15)5-6-16(9-13)8-11-3-2-4-12(14)7-11/h2-4,7H,5-6,8-10H2,1H3. The quantitative estimate of drug-likeness (QED) is 0.848. The molecule has 1 aromatic rings. The molecule has 1 unspecified atom stereocenters. The molecule has 4 heteroatoms. The van der Waals surface area contributed by atoms with Crippen LogP contribution in [0.2, 0.25) is 0 Å². The van der Waals surface area contributed by atoms with Crippen molar-refractivity contribution in [3.63, 3.8) is 0 Å². The highest BCUT2D eigenvalue weighted by atomic mass is 79.9. The summed E-state index contributed by atoms with van der Waals surface area (Å²) in [4.78, 5) is 2.14. The van der Waals surface area contributed by atoms with Gasteiger partial charge in [-0.25, -0.2) is 4.39 Å². The van der Waals surface area contributed by atoms with Gasteiger partial charge in [0.1, 0.15) is 5.67 Å². The highest BCUT2D eigenvalue weighted by Crippen LogP contribution is 2.27. The topological polar surface area (TPSA) is 12.5 Å². The molecule has 1 heterocycles. The number of nitrogens with zero attached hydrogens (tertiary/aromatic N) is 1. The third kappa shape index (κ3) is 3.50. The van der Waals surface area contributed by atoms with Gasteiger partial charge in [-0.2, -0.15) is 0 Å². The van der Waals surface area contributed by atoms with E-state index >= 15 is 0 Å². The minimum absolute atomic E-state index is 0.196. The number of ether oxygens (including phenoxy) is 1. The Morgan fingerprint density at radius 1 is 1.53 bits per heavy atom. The van der Waals surface area contributed by atoms with E-state index in [4.69, 9.17) is 4.74 Å². The van der Waals surface area contributed by atoms with E-state index in [2.05, 4.69) is 33.0 Å². The zero-order valence-corrected chi connectivity index (χ0v) is 11.5. The van der Waals surface area contributed by atoms with Crippen molar-refractivity contribution in [2.45, 2.75) is 18.6 Å². The Morgan fingerprint density at radius 3 is 3.06 bits per heavy atom. The lowest BCUT2D eigenvalue weighted by molar-refractivity contribution is 0.0467. The molecule has 1 saturated heterocycles. The smallest absolute Gasteiger partial charge is 0.148 e. The summed E-state index contributed by atoms with van der Waals surface area (Å²) < 4.78 is 20.2. The van der Waals surface area contributed by atoms with Gasteiger partial charge in [-0.3, -0.25) is 4.90 Å². The van der Waals surface area contributed by atoms with E-state index in [0.29, 0.717) is 13.0 Å². The molecule has 0 saturated carbocycles. The second-order valence-corrected chi connectivity index (χ2v) is 5.59. The summed E-state index contributed by atoms with van der Waals surface area (Å²) in [5.74, 6) is 0. The van der Waals surface area contributed by atoms with Gasteiger partial charge in [0.25, 0.3) is 0 Å². The van der Waals surface area contributed by atoms with Crippen LogP contribution in [0.4, 0.5) is 4.39 Å². The molecule has 0 spiro atoms. The van der Waals surface area contributed by atoms with Crippen LogP contribution in [0.5, 0.6) is 0 Å². The molecule has 94 valence electrons. The van der Waals surface area contributed by atoms with Crippen molar-refractivity contribution in [1.29, 1.82) is 0 Å². The Balaban J connectivity index is 1.94. The number of hydrogen-bond donors (Lipinski definition) is 0. The van der Waals surface area contributed by atoms with Gasteiger partial charge in [0.15, 0.2) is 0 Å². The summed E-state index contributed by atoms with van der Waals surface area (Å²) >= 11 is 3.45. The maximum atomic E-state index is 14.2. The molecule has 0 radical (unpaired) electrons. The van der Waals surface area contributed by atoms with Crippen LogP contribution >= 0.6 is 15.9 Å². The monoisotopic (exact) mass is 301 g/mol. The molecular weight excluding hydrogens is 285 g/mol. The van der Waals surface area contributed by atoms with Crippen LogP contribution in [-0.2, 0) is 11.3 Å². The molecular formula is C13H17BrFNO. The highest BCUT2D eigenvalue weighted by Gasteiger charge is 2.38. The third-order valence-corrected chi connectivity index (χ3v) is 3.57. The van der Waals surface area contributed by atoms with Gasteiger partial charge in [-0.1, -0.05) is 28.1 Å². The average Bonchev–Trinajstić information content (AvgIpc) is 2.60. The number of hydrogen-bond acceptors (Lipinski definition) is 2. The Bertz CT molecular complexity index is 387. The van der Waals surface area contributed by atoms with Crippen LogP contribution in [0.3, 0.4) is 0 Å². The van der Waals surface area contributed by atoms with Gasteiger partial charge in [0.05, 0.1) is 6.61 Å². The predicted molar refractivity (Wildman–Crippen MR) is 69.8 cm³/mol. The fourth-order valence-corrected chi connectivity index (χ4v) is 2.77. The SMILES string of the molecule is COCC1(F)CCN(Cc2cccc(Br)c2)C1. The summed E-state index contributed by atoms with van der Waals surface area (Å²) in [7, 11) is 1.55. The minimum atomic E-state index is -1.17. The third-order valence-electron chi connectivity index (χ3n) is 3.08. The molecule has 17 heavy (non-hydrogen) atoms. The van der Waals surface area contributed by atoms with Crippen molar-refractivity contribution in [2.75, 3.05) is 26.8 Å². The Kier molecular flexibility index (Phi) is 4.17. The normalized spacial score (nSPS) is 25.4. The lowest BCUT2D eigenvalue weighted by Crippen LogP contribution is -2.33. The summed E-state index contributed by atoms with van der Waals surface area (Å²) in [5.41, 5.74) is 0.0434. The number of likely N-dealkylation sites (tertiary alicyclic amines) is 1. The van der Waals surface area contributed by atoms with Crippen LogP contribution in [0, 0.1) is 0 Å². The van der Waals surface area contributed by atoms with Gasteiger partial charge in [-0.05, 0) is 24.1 Å². The fourth-order valence-electron chi connectivity index (χ4n) is 2.32. The minimum Gasteiger partial charge on any atom is -0.381 e. The van der Waals surface area contributed by atoms with Gasteiger partial charge >= 0.3 is 0 Å². The highest BCUT2D eigenvalue weighted by molar-refractivity contribution is 9.10. The molecule has 0 aromatic heterocycles. The Labute approximate surface area is 110 Å². The van der Waals surface area contributed by atoms with Crippen LogP contribution in [-0.4, -0.2) is 37.4 Å². The van der Waals surface area contributed by atoms with E-state index < -0.39 is 5.67 Å². The number of rotatable bonds is 4. The van der Waals surface area contributed by atoms with E-state index in [1.165, 1.54) is 5.56 Å². The molecule has 0 amide bonds. The van der Waals surface area contributed by atoms with E-state index in [9.17, 15) is 4.39 Å². The lowest BCUT2D eigenvalue weighted by Gasteiger charge is -2.20. The van der Waals surface area contributed by atoms with Crippen molar-refractivity contribution in [3.05, 3.63) is 34.3 Å². The van der Waals surface area contributed by atoms with Crippen molar-refractivity contribution in [2.24, 2.45) is 0 Å². The molecule has 2 rings (SSSR count). The zero-order chi connectivity index (χ0) is 12.3. The van der Waals surface area contributed by atoms with Crippen LogP contribution in [0.25, 0.3) is 0 Å². The molecule has 1 aliphatic rings. The van der Waals surface area contributed by atoms with Crippen LogP contribution in [0.1, 0.15) is 12.0 Å². The van der Waals surface area contributed by atoms with E-state index in [1.54, 1.807) is 7.11 Å². The molecule has 1 atom stereocenters. The number of methoxy groups -OCH3 is 1. The van der Waals surface area contributed by atoms with Crippen molar-refractivity contribution in [3.8, 4) is 0 Å². The lowest BCUT2D eigenvalue weighted by atomic mass is 10.1. The van der Waals surface area contributed by atoms with Crippen molar-refractivity contribution >= 4 is 15.9 Å². The second-order valence-electron chi connectivity index (χ2n) is 4.67. The second kappa shape index (κ2) is 5.46. The largest absolute Gasteiger partial charge is 0.381 e. The molecule has 0 bridgehead atoms. The van der Waals surface area contributed by atoms with Crippen molar-refractivity contribution in [1.82, 2.24) is 4.90 Å². The molecule has 0 N–H and O–H groups in total. The zero-order valence-electron chi connectivity index (χ0n) is 9.96. The first-order valence-electron chi connectivity index (χ1n) is 5.76. The van der Waals surface area contributed by atoms with Gasteiger partial charge in [-0.15, -0.1) is 0 Å². The summed E-state index contributed by atoms with van der Waals surface area (Å²) in [6, 6.07) is 8.15. The van der Waals surface area contributed by atoms with E-state index in [0.717, 1.165) is 17.6 Å². The first-order chi connectivity index (χ1) is 8.11. The summed E-state index contributed by atoms with van der Waals surface area (Å²) in [5, 5.41) is 0. The maximum Gasteiger partial charge on any atom is 0.148 e. The molecule has 2 nitrogen and oxygen atoms in total. The van der Waals surface area contributed by atoms with Gasteiger partial charge < -0.3 is 4.74 Å². The Morgan fingerprint density at radius 2 is 2.35 bits per heavy atom. The average molecular weight is 302 g/mol. The molecule has 1 aliphatic heterocycles. The summed E-state index contributed by atoms with van der Waals surface area (Å²) in [6.45, 7) is 2.26. The number of halogens is 2. The number of benzene rings is 1. The molecule has 1 aromatic carbocycles. The van der Waals surface area contributed by atoms with E-state index in [-0.39, 0.29) is 6.61 Å². The van der Waals surface area contributed by atoms with Gasteiger partial charge in [0.2, 0.25) is 0 Å². The first-order valence-corrected chi connectivity index (χ1v) is 6.55. The van der Waals surface area contributed by atoms with Crippen LogP contribution < -0.4 is 0 Å². The first kappa shape index (κ1) is 13.0. The number of alkyl halides is 1. The van der Waals surface area contributed by atoms with Gasteiger partial charge in [0, 0.05) is 31.2 Å².